The molecule has 0 saturated heterocycles. The Morgan fingerprint density at radius 3 is 2.61 bits per heavy atom. The predicted octanol–water partition coefficient (Wildman–Crippen LogP) is 4.40. The summed E-state index contributed by atoms with van der Waals surface area (Å²) >= 11 is 7.89. The summed E-state index contributed by atoms with van der Waals surface area (Å²) in [5.74, 6) is 1.19. The summed E-state index contributed by atoms with van der Waals surface area (Å²) in [6.45, 7) is 4.21. The van der Waals surface area contributed by atoms with E-state index in [4.69, 9.17) is 11.6 Å². The molecule has 3 heteroatoms. The van der Waals surface area contributed by atoms with Gasteiger partial charge in [0, 0.05) is 17.0 Å². The standard InChI is InChI=1S/C15H18ClNS/c1-11-5-3-4-6-14(11)7-13(9-16)8-15-10-17-12(2)18-15/h3-6,10,13H,7-9H2,1-2H3. The minimum Gasteiger partial charge on any atom is -0.250 e. The summed E-state index contributed by atoms with van der Waals surface area (Å²) in [4.78, 5) is 5.64. The third-order valence-corrected chi connectivity index (χ3v) is 4.52. The van der Waals surface area contributed by atoms with Gasteiger partial charge in [0.25, 0.3) is 0 Å². The minimum atomic E-state index is 0.493. The van der Waals surface area contributed by atoms with Gasteiger partial charge >= 0.3 is 0 Å². The van der Waals surface area contributed by atoms with Crippen LogP contribution in [0.5, 0.6) is 0 Å². The lowest BCUT2D eigenvalue weighted by Gasteiger charge is -2.14. The highest BCUT2D eigenvalue weighted by atomic mass is 35.5. The van der Waals surface area contributed by atoms with Crippen molar-refractivity contribution in [3.63, 3.8) is 0 Å². The predicted molar refractivity (Wildman–Crippen MR) is 79.6 cm³/mol. The van der Waals surface area contributed by atoms with E-state index in [1.165, 1.54) is 16.0 Å². The van der Waals surface area contributed by atoms with Crippen LogP contribution < -0.4 is 0 Å². The Labute approximate surface area is 118 Å². The number of alkyl halides is 1. The number of thiazole rings is 1. The van der Waals surface area contributed by atoms with Crippen LogP contribution in [-0.2, 0) is 12.8 Å². The lowest BCUT2D eigenvalue weighted by atomic mass is 9.95. The van der Waals surface area contributed by atoms with Crippen LogP contribution in [0.25, 0.3) is 0 Å². The summed E-state index contributed by atoms with van der Waals surface area (Å²) in [5.41, 5.74) is 2.76. The zero-order chi connectivity index (χ0) is 13.0. The van der Waals surface area contributed by atoms with Crippen LogP contribution in [-0.4, -0.2) is 10.9 Å². The minimum absolute atomic E-state index is 0.493. The quantitative estimate of drug-likeness (QED) is 0.739. The second kappa shape index (κ2) is 6.35. The van der Waals surface area contributed by atoms with Crippen LogP contribution >= 0.6 is 22.9 Å². The Morgan fingerprint density at radius 1 is 1.22 bits per heavy atom. The largest absolute Gasteiger partial charge is 0.250 e. The van der Waals surface area contributed by atoms with E-state index in [-0.39, 0.29) is 0 Å². The maximum Gasteiger partial charge on any atom is 0.0896 e. The number of aryl methyl sites for hydroxylation is 2. The van der Waals surface area contributed by atoms with E-state index in [0.29, 0.717) is 11.8 Å². The Balaban J connectivity index is 2.04. The first-order valence-electron chi connectivity index (χ1n) is 6.21. The van der Waals surface area contributed by atoms with Gasteiger partial charge < -0.3 is 0 Å². The molecule has 1 nitrogen and oxygen atoms in total. The molecule has 1 aromatic heterocycles. The maximum atomic E-state index is 6.11. The molecule has 0 radical (unpaired) electrons. The van der Waals surface area contributed by atoms with Crippen LogP contribution in [0.1, 0.15) is 21.0 Å². The van der Waals surface area contributed by atoms with Crippen molar-refractivity contribution in [2.75, 3.05) is 5.88 Å². The zero-order valence-corrected chi connectivity index (χ0v) is 12.4. The molecule has 0 spiro atoms. The van der Waals surface area contributed by atoms with Crippen molar-refractivity contribution in [1.29, 1.82) is 0 Å². The maximum absolute atomic E-state index is 6.11. The summed E-state index contributed by atoms with van der Waals surface area (Å²) < 4.78 is 0. The molecule has 0 saturated carbocycles. The molecule has 0 amide bonds. The molecular weight excluding hydrogens is 262 g/mol. The number of halogens is 1. The van der Waals surface area contributed by atoms with Crippen molar-refractivity contribution < 1.29 is 0 Å². The molecule has 18 heavy (non-hydrogen) atoms. The van der Waals surface area contributed by atoms with Crippen molar-refractivity contribution in [3.8, 4) is 0 Å². The van der Waals surface area contributed by atoms with Crippen molar-refractivity contribution >= 4 is 22.9 Å². The first-order chi connectivity index (χ1) is 8.69. The monoisotopic (exact) mass is 279 g/mol. The first-order valence-corrected chi connectivity index (χ1v) is 7.56. The Kier molecular flexibility index (Phi) is 4.79. The van der Waals surface area contributed by atoms with Gasteiger partial charge in [0.05, 0.1) is 5.01 Å². The highest BCUT2D eigenvalue weighted by molar-refractivity contribution is 7.11. The molecule has 96 valence electrons. The molecule has 2 aromatic rings. The van der Waals surface area contributed by atoms with Gasteiger partial charge in [-0.2, -0.15) is 0 Å². The fraction of sp³-hybridized carbons (Fsp3) is 0.400. The number of benzene rings is 1. The number of hydrogen-bond donors (Lipinski definition) is 0. The van der Waals surface area contributed by atoms with Crippen LogP contribution in [0.2, 0.25) is 0 Å². The summed E-state index contributed by atoms with van der Waals surface area (Å²) in [6.07, 6.45) is 4.06. The summed E-state index contributed by atoms with van der Waals surface area (Å²) in [7, 11) is 0. The normalized spacial score (nSPS) is 12.6. The lowest BCUT2D eigenvalue weighted by Crippen LogP contribution is -2.10. The average molecular weight is 280 g/mol. The average Bonchev–Trinajstić information content (AvgIpc) is 2.76. The molecule has 0 aliphatic heterocycles. The van der Waals surface area contributed by atoms with E-state index in [2.05, 4.69) is 36.2 Å². The summed E-state index contributed by atoms with van der Waals surface area (Å²) in [6, 6.07) is 8.55. The highest BCUT2D eigenvalue weighted by Gasteiger charge is 2.12. The van der Waals surface area contributed by atoms with E-state index >= 15 is 0 Å². The fourth-order valence-corrected chi connectivity index (χ4v) is 3.24. The van der Waals surface area contributed by atoms with Gasteiger partial charge in [-0.1, -0.05) is 24.3 Å². The van der Waals surface area contributed by atoms with Gasteiger partial charge in [-0.15, -0.1) is 22.9 Å². The molecule has 0 aliphatic carbocycles. The van der Waals surface area contributed by atoms with Crippen LogP contribution in [0.3, 0.4) is 0 Å². The third kappa shape index (κ3) is 3.56. The molecule has 1 aromatic carbocycles. The second-order valence-corrected chi connectivity index (χ2v) is 6.33. The van der Waals surface area contributed by atoms with E-state index < -0.39 is 0 Å². The third-order valence-electron chi connectivity index (χ3n) is 3.15. The Morgan fingerprint density at radius 2 is 2.00 bits per heavy atom. The lowest BCUT2D eigenvalue weighted by molar-refractivity contribution is 0.587. The van der Waals surface area contributed by atoms with Gasteiger partial charge in [-0.25, -0.2) is 4.98 Å². The van der Waals surface area contributed by atoms with Gasteiger partial charge in [0.15, 0.2) is 0 Å². The molecular formula is C15H18ClNS. The van der Waals surface area contributed by atoms with Crippen molar-refractivity contribution in [1.82, 2.24) is 4.98 Å². The molecule has 2 rings (SSSR count). The van der Waals surface area contributed by atoms with Crippen LogP contribution in [0.4, 0.5) is 0 Å². The molecule has 1 unspecified atom stereocenters. The van der Waals surface area contributed by atoms with Gasteiger partial charge in [-0.3, -0.25) is 0 Å². The van der Waals surface area contributed by atoms with E-state index in [1.54, 1.807) is 11.3 Å². The molecule has 1 atom stereocenters. The molecule has 1 heterocycles. The van der Waals surface area contributed by atoms with E-state index in [1.807, 2.05) is 13.1 Å². The van der Waals surface area contributed by atoms with Crippen molar-refractivity contribution in [2.24, 2.45) is 5.92 Å². The van der Waals surface area contributed by atoms with Crippen LogP contribution in [0.15, 0.2) is 30.5 Å². The highest BCUT2D eigenvalue weighted by Crippen LogP contribution is 2.21. The second-order valence-electron chi connectivity index (χ2n) is 4.70. The number of rotatable bonds is 5. The van der Waals surface area contributed by atoms with Crippen LogP contribution in [0, 0.1) is 19.8 Å². The van der Waals surface area contributed by atoms with Gasteiger partial charge in [0.1, 0.15) is 0 Å². The molecule has 0 aliphatic rings. The topological polar surface area (TPSA) is 12.9 Å². The van der Waals surface area contributed by atoms with E-state index in [9.17, 15) is 0 Å². The Hall–Kier alpha value is -0.860. The number of nitrogens with zero attached hydrogens (tertiary/aromatic N) is 1. The summed E-state index contributed by atoms with van der Waals surface area (Å²) in [5, 5.41) is 1.13. The first kappa shape index (κ1) is 13.6. The molecule has 0 fully saturated rings. The smallest absolute Gasteiger partial charge is 0.0896 e. The van der Waals surface area contributed by atoms with Crippen molar-refractivity contribution in [3.05, 3.63) is 51.5 Å². The van der Waals surface area contributed by atoms with Gasteiger partial charge in [0.2, 0.25) is 0 Å². The SMILES string of the molecule is Cc1ncc(CC(CCl)Cc2ccccc2C)s1. The Bertz CT molecular complexity index is 507. The molecule has 0 N–H and O–H groups in total. The van der Waals surface area contributed by atoms with Gasteiger partial charge in [-0.05, 0) is 43.7 Å². The number of hydrogen-bond acceptors (Lipinski definition) is 2. The molecule has 0 bridgehead atoms. The fourth-order valence-electron chi connectivity index (χ4n) is 2.12. The number of aromatic nitrogens is 1. The van der Waals surface area contributed by atoms with Crippen molar-refractivity contribution in [2.45, 2.75) is 26.7 Å². The zero-order valence-electron chi connectivity index (χ0n) is 10.8. The van der Waals surface area contributed by atoms with E-state index in [0.717, 1.165) is 17.8 Å².